The molecule has 1 N–H and O–H groups in total. The molecular weight excluding hydrogens is 320 g/mol. The predicted molar refractivity (Wildman–Crippen MR) is 96.0 cm³/mol. The number of nitro benzene ring substituents is 1. The third-order valence-corrected chi connectivity index (χ3v) is 4.30. The highest BCUT2D eigenvalue weighted by Gasteiger charge is 2.12. The van der Waals surface area contributed by atoms with Crippen LogP contribution in [0.3, 0.4) is 0 Å². The van der Waals surface area contributed by atoms with Gasteiger partial charge in [-0.2, -0.15) is 0 Å². The second kappa shape index (κ2) is 7.74. The number of amides is 1. The van der Waals surface area contributed by atoms with Gasteiger partial charge in [-0.15, -0.1) is 0 Å². The second-order valence-electron chi connectivity index (χ2n) is 6.06. The minimum absolute atomic E-state index is 0.0449. The summed E-state index contributed by atoms with van der Waals surface area (Å²) in [6.07, 6.45) is 6.70. The number of rotatable bonds is 4. The Morgan fingerprint density at radius 3 is 2.28 bits per heavy atom. The van der Waals surface area contributed by atoms with Gasteiger partial charge in [-0.25, -0.2) is 4.98 Å². The van der Waals surface area contributed by atoms with Crippen LogP contribution in [0.4, 0.5) is 17.2 Å². The molecule has 25 heavy (non-hydrogen) atoms. The number of carbonyl (C=O) groups is 1. The number of benzene rings is 1. The van der Waals surface area contributed by atoms with Crippen LogP contribution >= 0.6 is 0 Å². The Morgan fingerprint density at radius 1 is 1.04 bits per heavy atom. The van der Waals surface area contributed by atoms with E-state index < -0.39 is 4.92 Å². The standard InChI is InChI=1S/C18H20N4O3/c23-18(14-5-7-15(8-6-14)22(24)25)20-17-10-9-16(13-19-17)21-11-3-1-2-4-12-21/h5-10,13H,1-4,11-12H2,(H,19,20,23). The SMILES string of the molecule is O=C(Nc1ccc(N2CCCCCC2)cn1)c1ccc([N+](=O)[O-])cc1. The molecule has 1 aromatic heterocycles. The molecule has 1 aliphatic rings. The van der Waals surface area contributed by atoms with Gasteiger partial charge in [-0.3, -0.25) is 14.9 Å². The number of nitro groups is 1. The Bertz CT molecular complexity index is 736. The number of hydrogen-bond acceptors (Lipinski definition) is 5. The smallest absolute Gasteiger partial charge is 0.269 e. The van der Waals surface area contributed by atoms with Crippen molar-refractivity contribution in [2.24, 2.45) is 0 Å². The van der Waals surface area contributed by atoms with Crippen molar-refractivity contribution in [1.82, 2.24) is 4.98 Å². The van der Waals surface area contributed by atoms with E-state index in [0.717, 1.165) is 18.8 Å². The van der Waals surface area contributed by atoms with E-state index in [1.807, 2.05) is 6.07 Å². The Labute approximate surface area is 145 Å². The first-order valence-corrected chi connectivity index (χ1v) is 8.40. The highest BCUT2D eigenvalue weighted by Crippen LogP contribution is 2.20. The molecule has 3 rings (SSSR count). The van der Waals surface area contributed by atoms with Gasteiger partial charge in [-0.1, -0.05) is 12.8 Å². The Morgan fingerprint density at radius 2 is 1.72 bits per heavy atom. The maximum absolute atomic E-state index is 12.2. The number of non-ortho nitro benzene ring substituents is 1. The number of anilines is 2. The van der Waals surface area contributed by atoms with E-state index in [4.69, 9.17) is 0 Å². The molecule has 7 heteroatoms. The maximum atomic E-state index is 12.2. The summed E-state index contributed by atoms with van der Waals surface area (Å²) in [6.45, 7) is 2.08. The predicted octanol–water partition coefficient (Wildman–Crippen LogP) is 3.62. The Kier molecular flexibility index (Phi) is 5.23. The molecule has 2 aromatic rings. The molecule has 0 unspecified atom stereocenters. The normalized spacial score (nSPS) is 14.6. The van der Waals surface area contributed by atoms with Gasteiger partial charge in [0.25, 0.3) is 11.6 Å². The molecule has 0 bridgehead atoms. The van der Waals surface area contributed by atoms with Crippen LogP contribution < -0.4 is 10.2 Å². The quantitative estimate of drug-likeness (QED) is 0.678. The number of carbonyl (C=O) groups excluding carboxylic acids is 1. The second-order valence-corrected chi connectivity index (χ2v) is 6.06. The summed E-state index contributed by atoms with van der Waals surface area (Å²) in [5.41, 5.74) is 1.37. The number of pyridine rings is 1. The van der Waals surface area contributed by atoms with Crippen molar-refractivity contribution in [3.05, 3.63) is 58.3 Å². The molecule has 0 radical (unpaired) electrons. The van der Waals surface area contributed by atoms with Crippen LogP contribution in [0.1, 0.15) is 36.0 Å². The largest absolute Gasteiger partial charge is 0.370 e. The number of nitrogens with one attached hydrogen (secondary N) is 1. The lowest BCUT2D eigenvalue weighted by Gasteiger charge is -2.22. The maximum Gasteiger partial charge on any atom is 0.269 e. The van der Waals surface area contributed by atoms with Gasteiger partial charge in [0.05, 0.1) is 16.8 Å². The first-order valence-electron chi connectivity index (χ1n) is 8.40. The Hall–Kier alpha value is -2.96. The number of hydrogen-bond donors (Lipinski definition) is 1. The van der Waals surface area contributed by atoms with Crippen molar-refractivity contribution in [1.29, 1.82) is 0 Å². The molecule has 7 nitrogen and oxygen atoms in total. The first kappa shape index (κ1) is 16.9. The van der Waals surface area contributed by atoms with Crippen molar-refractivity contribution in [2.75, 3.05) is 23.3 Å². The van der Waals surface area contributed by atoms with E-state index in [1.54, 1.807) is 12.3 Å². The molecule has 1 aromatic carbocycles. The molecule has 2 heterocycles. The van der Waals surface area contributed by atoms with E-state index in [-0.39, 0.29) is 11.6 Å². The molecule has 130 valence electrons. The lowest BCUT2D eigenvalue weighted by molar-refractivity contribution is -0.384. The van der Waals surface area contributed by atoms with E-state index in [2.05, 4.69) is 15.2 Å². The zero-order valence-electron chi connectivity index (χ0n) is 13.9. The van der Waals surface area contributed by atoms with Gasteiger partial charge < -0.3 is 10.2 Å². The van der Waals surface area contributed by atoms with Crippen molar-refractivity contribution in [3.63, 3.8) is 0 Å². The van der Waals surface area contributed by atoms with Crippen LogP contribution in [0.25, 0.3) is 0 Å². The fourth-order valence-electron chi connectivity index (χ4n) is 2.90. The third-order valence-electron chi connectivity index (χ3n) is 4.30. The van der Waals surface area contributed by atoms with Gasteiger partial charge in [0, 0.05) is 30.8 Å². The van der Waals surface area contributed by atoms with Crippen LogP contribution in [0.2, 0.25) is 0 Å². The van der Waals surface area contributed by atoms with E-state index >= 15 is 0 Å². The summed E-state index contributed by atoms with van der Waals surface area (Å²) < 4.78 is 0. The molecule has 1 fully saturated rings. The summed E-state index contributed by atoms with van der Waals surface area (Å²) in [4.78, 5) is 29.0. The monoisotopic (exact) mass is 340 g/mol. The molecule has 0 saturated carbocycles. The summed E-state index contributed by atoms with van der Waals surface area (Å²) in [5.74, 6) is 0.117. The zero-order valence-corrected chi connectivity index (χ0v) is 13.9. The molecule has 0 spiro atoms. The van der Waals surface area contributed by atoms with Gasteiger partial charge >= 0.3 is 0 Å². The van der Waals surface area contributed by atoms with Crippen LogP contribution in [0.5, 0.6) is 0 Å². The van der Waals surface area contributed by atoms with E-state index in [9.17, 15) is 14.9 Å². The van der Waals surface area contributed by atoms with Crippen LogP contribution in [-0.2, 0) is 0 Å². The average molecular weight is 340 g/mol. The lowest BCUT2D eigenvalue weighted by atomic mass is 10.2. The molecule has 1 amide bonds. The molecule has 0 atom stereocenters. The average Bonchev–Trinajstić information content (AvgIpc) is 2.92. The summed E-state index contributed by atoms with van der Waals surface area (Å²) in [7, 11) is 0. The van der Waals surface area contributed by atoms with Crippen LogP contribution in [-0.4, -0.2) is 28.9 Å². The summed E-state index contributed by atoms with van der Waals surface area (Å²) in [6, 6.07) is 9.22. The fraction of sp³-hybridized carbons (Fsp3) is 0.333. The first-order chi connectivity index (χ1) is 12.1. The van der Waals surface area contributed by atoms with Crippen molar-refractivity contribution >= 4 is 23.1 Å². The molecule has 1 saturated heterocycles. The van der Waals surface area contributed by atoms with Gasteiger partial charge in [0.1, 0.15) is 5.82 Å². The summed E-state index contributed by atoms with van der Waals surface area (Å²) >= 11 is 0. The van der Waals surface area contributed by atoms with Crippen molar-refractivity contribution < 1.29 is 9.72 Å². The zero-order chi connectivity index (χ0) is 17.6. The van der Waals surface area contributed by atoms with Gasteiger partial charge in [0.2, 0.25) is 0 Å². The van der Waals surface area contributed by atoms with Gasteiger partial charge in [-0.05, 0) is 37.1 Å². The number of aromatic nitrogens is 1. The van der Waals surface area contributed by atoms with Crippen molar-refractivity contribution in [2.45, 2.75) is 25.7 Å². The van der Waals surface area contributed by atoms with E-state index in [1.165, 1.54) is 49.9 Å². The van der Waals surface area contributed by atoms with Crippen molar-refractivity contribution in [3.8, 4) is 0 Å². The van der Waals surface area contributed by atoms with Crippen LogP contribution in [0.15, 0.2) is 42.6 Å². The third kappa shape index (κ3) is 4.32. The molecular formula is C18H20N4O3. The number of nitrogens with zero attached hydrogens (tertiary/aromatic N) is 3. The van der Waals surface area contributed by atoms with Crippen LogP contribution in [0, 0.1) is 10.1 Å². The highest BCUT2D eigenvalue weighted by atomic mass is 16.6. The Balaban J connectivity index is 1.64. The molecule has 0 aliphatic carbocycles. The lowest BCUT2D eigenvalue weighted by Crippen LogP contribution is -2.24. The minimum atomic E-state index is -0.495. The minimum Gasteiger partial charge on any atom is -0.370 e. The highest BCUT2D eigenvalue weighted by molar-refractivity contribution is 6.03. The topological polar surface area (TPSA) is 88.4 Å². The fourth-order valence-corrected chi connectivity index (χ4v) is 2.90. The van der Waals surface area contributed by atoms with Gasteiger partial charge in [0.15, 0.2) is 0 Å². The molecule has 1 aliphatic heterocycles. The summed E-state index contributed by atoms with van der Waals surface area (Å²) in [5, 5.41) is 13.4. The van der Waals surface area contributed by atoms with E-state index in [0.29, 0.717) is 11.4 Å².